The molecule has 0 atom stereocenters. The van der Waals surface area contributed by atoms with Crippen LogP contribution in [0, 0.1) is 5.82 Å². The zero-order chi connectivity index (χ0) is 23.4. The van der Waals surface area contributed by atoms with E-state index in [0.29, 0.717) is 35.6 Å². The zero-order valence-corrected chi connectivity index (χ0v) is 19.2. The van der Waals surface area contributed by atoms with Gasteiger partial charge in [0.25, 0.3) is 0 Å². The smallest absolute Gasteiger partial charge is 0.319 e. The number of rotatable bonds is 6. The number of amides is 2. The van der Waals surface area contributed by atoms with E-state index in [1.54, 1.807) is 49.3 Å². The van der Waals surface area contributed by atoms with Crippen LogP contribution in [-0.2, 0) is 4.74 Å². The van der Waals surface area contributed by atoms with Gasteiger partial charge in [-0.2, -0.15) is 0 Å². The topological polar surface area (TPSA) is 79.8 Å². The van der Waals surface area contributed by atoms with Crippen molar-refractivity contribution < 1.29 is 18.7 Å². The van der Waals surface area contributed by atoms with Crippen molar-refractivity contribution in [1.29, 1.82) is 0 Å². The summed E-state index contributed by atoms with van der Waals surface area (Å²) in [6.45, 7) is 1.39. The molecule has 1 aromatic heterocycles. The number of urea groups is 1. The van der Waals surface area contributed by atoms with Gasteiger partial charge in [-0.05, 0) is 43.2 Å². The van der Waals surface area contributed by atoms with Crippen LogP contribution in [0.3, 0.4) is 0 Å². The molecule has 8 nitrogen and oxygen atoms in total. The molecule has 0 radical (unpaired) electrons. The van der Waals surface area contributed by atoms with Crippen molar-refractivity contribution in [3.63, 3.8) is 0 Å². The average Bonchev–Trinajstić information content (AvgIpc) is 2.82. The third-order valence-corrected chi connectivity index (χ3v) is 5.73. The summed E-state index contributed by atoms with van der Waals surface area (Å²) >= 11 is 5.88. The molecule has 0 spiro atoms. The molecule has 0 saturated carbocycles. The van der Waals surface area contributed by atoms with E-state index in [1.807, 2.05) is 4.90 Å². The number of carbonyl (C=O) groups excluding carboxylic acids is 1. The summed E-state index contributed by atoms with van der Waals surface area (Å²) in [6.07, 6.45) is 2.95. The van der Waals surface area contributed by atoms with Gasteiger partial charge >= 0.3 is 6.03 Å². The monoisotopic (exact) mass is 473 g/mol. The van der Waals surface area contributed by atoms with Gasteiger partial charge in [0, 0.05) is 32.6 Å². The van der Waals surface area contributed by atoms with Gasteiger partial charge in [0.15, 0.2) is 12.6 Å². The molecule has 33 heavy (non-hydrogen) atoms. The predicted molar refractivity (Wildman–Crippen MR) is 124 cm³/mol. The SMILES string of the molecule is CN(C)C(=O)N1CCC(OCOc2ccc3ncnc(Nc4cccc(Cl)c4F)c3c2)CC1. The number of benzene rings is 2. The lowest BCUT2D eigenvalue weighted by Gasteiger charge is -2.33. The molecule has 3 aromatic rings. The number of fused-ring (bicyclic) bond motifs is 1. The van der Waals surface area contributed by atoms with Crippen molar-refractivity contribution in [2.75, 3.05) is 39.3 Å². The summed E-state index contributed by atoms with van der Waals surface area (Å²) < 4.78 is 26.0. The van der Waals surface area contributed by atoms with E-state index in [9.17, 15) is 9.18 Å². The Kier molecular flexibility index (Phi) is 7.10. The molecule has 2 heterocycles. The first kappa shape index (κ1) is 23.0. The minimum atomic E-state index is -0.551. The van der Waals surface area contributed by atoms with Gasteiger partial charge in [0.1, 0.15) is 17.9 Å². The Labute approximate surface area is 196 Å². The number of aromatic nitrogens is 2. The third kappa shape index (κ3) is 5.43. The lowest BCUT2D eigenvalue weighted by Crippen LogP contribution is -2.45. The maximum Gasteiger partial charge on any atom is 0.319 e. The van der Waals surface area contributed by atoms with Gasteiger partial charge in [-0.15, -0.1) is 0 Å². The number of likely N-dealkylation sites (tertiary alicyclic amines) is 1. The van der Waals surface area contributed by atoms with E-state index in [4.69, 9.17) is 21.1 Å². The molecule has 0 unspecified atom stereocenters. The van der Waals surface area contributed by atoms with Crippen LogP contribution in [0.1, 0.15) is 12.8 Å². The maximum absolute atomic E-state index is 14.3. The van der Waals surface area contributed by atoms with Crippen molar-refractivity contribution in [1.82, 2.24) is 19.8 Å². The van der Waals surface area contributed by atoms with E-state index >= 15 is 0 Å². The molecule has 1 fully saturated rings. The Morgan fingerprint density at radius 2 is 2.03 bits per heavy atom. The van der Waals surface area contributed by atoms with Crippen molar-refractivity contribution in [2.24, 2.45) is 0 Å². The molecular formula is C23H25ClFN5O3. The number of ether oxygens (including phenoxy) is 2. The first-order valence-electron chi connectivity index (χ1n) is 10.6. The zero-order valence-electron chi connectivity index (χ0n) is 18.4. The van der Waals surface area contributed by atoms with Gasteiger partial charge in [0.2, 0.25) is 0 Å². The summed E-state index contributed by atoms with van der Waals surface area (Å²) in [5.41, 5.74) is 0.900. The van der Waals surface area contributed by atoms with E-state index in [0.717, 1.165) is 12.8 Å². The number of hydrogen-bond donors (Lipinski definition) is 1. The first-order valence-corrected chi connectivity index (χ1v) is 11.0. The minimum Gasteiger partial charge on any atom is -0.468 e. The highest BCUT2D eigenvalue weighted by Gasteiger charge is 2.24. The normalized spacial score (nSPS) is 14.4. The van der Waals surface area contributed by atoms with Gasteiger partial charge in [0.05, 0.1) is 22.3 Å². The van der Waals surface area contributed by atoms with E-state index in [1.165, 1.54) is 12.4 Å². The molecule has 1 N–H and O–H groups in total. The van der Waals surface area contributed by atoms with Gasteiger partial charge in [-0.1, -0.05) is 17.7 Å². The summed E-state index contributed by atoms with van der Waals surface area (Å²) in [6, 6.07) is 10.1. The molecule has 4 rings (SSSR count). The number of halogens is 2. The second-order valence-corrected chi connectivity index (χ2v) is 8.33. The lowest BCUT2D eigenvalue weighted by atomic mass is 10.1. The summed E-state index contributed by atoms with van der Waals surface area (Å²) in [7, 11) is 3.50. The van der Waals surface area contributed by atoms with Crippen LogP contribution in [0.2, 0.25) is 5.02 Å². The highest BCUT2D eigenvalue weighted by atomic mass is 35.5. The van der Waals surface area contributed by atoms with Gasteiger partial charge in [-0.25, -0.2) is 19.2 Å². The van der Waals surface area contributed by atoms with Crippen LogP contribution in [0.15, 0.2) is 42.7 Å². The van der Waals surface area contributed by atoms with Crippen LogP contribution >= 0.6 is 11.6 Å². The number of nitrogens with zero attached hydrogens (tertiary/aromatic N) is 4. The Morgan fingerprint density at radius 1 is 1.24 bits per heavy atom. The molecule has 0 aliphatic carbocycles. The van der Waals surface area contributed by atoms with Crippen molar-refractivity contribution in [3.8, 4) is 5.75 Å². The molecule has 1 saturated heterocycles. The van der Waals surface area contributed by atoms with Gasteiger partial charge in [-0.3, -0.25) is 0 Å². The second-order valence-electron chi connectivity index (χ2n) is 7.92. The molecular weight excluding hydrogens is 449 g/mol. The van der Waals surface area contributed by atoms with Crippen LogP contribution < -0.4 is 10.1 Å². The summed E-state index contributed by atoms with van der Waals surface area (Å²) in [4.78, 5) is 23.9. The van der Waals surface area contributed by atoms with Crippen LogP contribution in [-0.4, -0.2) is 65.9 Å². The minimum absolute atomic E-state index is 0.0187. The molecule has 0 bridgehead atoms. The van der Waals surface area contributed by atoms with E-state index in [2.05, 4.69) is 15.3 Å². The Bertz CT molecular complexity index is 1140. The first-order chi connectivity index (χ1) is 15.9. The Morgan fingerprint density at radius 3 is 2.79 bits per heavy atom. The summed E-state index contributed by atoms with van der Waals surface area (Å²) in [5.74, 6) is 0.461. The lowest BCUT2D eigenvalue weighted by molar-refractivity contribution is -0.0560. The van der Waals surface area contributed by atoms with Crippen molar-refractivity contribution in [2.45, 2.75) is 18.9 Å². The van der Waals surface area contributed by atoms with Crippen molar-refractivity contribution in [3.05, 3.63) is 53.6 Å². The van der Waals surface area contributed by atoms with Crippen molar-refractivity contribution >= 4 is 40.0 Å². The standard InChI is InChI=1S/C23H25ClFN5O3/c1-29(2)23(31)30-10-8-15(9-11-30)32-14-33-16-6-7-19-17(12-16)22(27-13-26-19)28-20-5-3-4-18(24)21(20)25/h3-7,12-13,15H,8-11,14H2,1-2H3,(H,26,27,28). The fraction of sp³-hybridized carbons (Fsp3) is 0.348. The number of anilines is 2. The predicted octanol–water partition coefficient (Wildman–Crippen LogP) is 4.66. The largest absolute Gasteiger partial charge is 0.468 e. The number of carbonyl (C=O) groups is 1. The third-order valence-electron chi connectivity index (χ3n) is 5.44. The van der Waals surface area contributed by atoms with E-state index in [-0.39, 0.29) is 29.6 Å². The Balaban J connectivity index is 1.38. The highest BCUT2D eigenvalue weighted by molar-refractivity contribution is 6.31. The fourth-order valence-corrected chi connectivity index (χ4v) is 3.82. The molecule has 174 valence electrons. The maximum atomic E-state index is 14.3. The average molecular weight is 474 g/mol. The number of piperidine rings is 1. The van der Waals surface area contributed by atoms with Gasteiger partial charge < -0.3 is 24.6 Å². The number of nitrogens with one attached hydrogen (secondary N) is 1. The molecule has 2 amide bonds. The molecule has 1 aliphatic rings. The Hall–Kier alpha value is -3.17. The summed E-state index contributed by atoms with van der Waals surface area (Å²) in [5, 5.41) is 3.67. The van der Waals surface area contributed by atoms with Crippen LogP contribution in [0.4, 0.5) is 20.7 Å². The molecule has 2 aromatic carbocycles. The quantitative estimate of drug-likeness (QED) is 0.524. The van der Waals surface area contributed by atoms with Crippen LogP contribution in [0.25, 0.3) is 10.9 Å². The fourth-order valence-electron chi connectivity index (χ4n) is 3.65. The van der Waals surface area contributed by atoms with Crippen LogP contribution in [0.5, 0.6) is 5.75 Å². The van der Waals surface area contributed by atoms with E-state index < -0.39 is 5.82 Å². The molecule has 1 aliphatic heterocycles. The molecule has 10 heteroatoms. The number of hydrogen-bond acceptors (Lipinski definition) is 6. The highest BCUT2D eigenvalue weighted by Crippen LogP contribution is 2.29. The second kappa shape index (κ2) is 10.2.